The summed E-state index contributed by atoms with van der Waals surface area (Å²) in [6.45, 7) is 7.02. The van der Waals surface area contributed by atoms with Gasteiger partial charge in [0.2, 0.25) is 0 Å². The molecular formula is C13H29NOSi. The lowest BCUT2D eigenvalue weighted by molar-refractivity contribution is 0.342. The first-order chi connectivity index (χ1) is 7.64. The number of hydrogen-bond donors (Lipinski definition) is 1. The molecule has 16 heavy (non-hydrogen) atoms. The largest absolute Gasteiger partial charge is 0.420 e. The van der Waals surface area contributed by atoms with Crippen LogP contribution in [-0.4, -0.2) is 28.5 Å². The number of hydrogen-bond acceptors (Lipinski definition) is 2. The van der Waals surface area contributed by atoms with Crippen LogP contribution in [0.2, 0.25) is 19.1 Å². The molecule has 0 radical (unpaired) electrons. The molecule has 0 atom stereocenters. The molecule has 0 aromatic heterocycles. The molecule has 0 aliphatic heterocycles. The third-order valence-corrected chi connectivity index (χ3v) is 6.51. The Labute approximate surface area is 102 Å². The van der Waals surface area contributed by atoms with Gasteiger partial charge in [0.05, 0.1) is 0 Å². The first kappa shape index (κ1) is 14.2. The average molecular weight is 243 g/mol. The van der Waals surface area contributed by atoms with Crippen LogP contribution in [0.1, 0.15) is 38.5 Å². The van der Waals surface area contributed by atoms with Crippen LogP contribution in [0.3, 0.4) is 0 Å². The highest BCUT2D eigenvalue weighted by Crippen LogP contribution is 2.22. The lowest BCUT2D eigenvalue weighted by Crippen LogP contribution is -2.31. The van der Waals surface area contributed by atoms with E-state index in [2.05, 4.69) is 18.4 Å². The van der Waals surface area contributed by atoms with E-state index in [1.54, 1.807) is 0 Å². The summed E-state index contributed by atoms with van der Waals surface area (Å²) in [5.41, 5.74) is 0. The standard InChI is InChI=1S/C13H29NOSi/c1-15-16(2,3)11-7-10-14-12-13-8-5-4-6-9-13/h13-14H,4-12H2,1-3H3. The highest BCUT2D eigenvalue weighted by molar-refractivity contribution is 6.71. The topological polar surface area (TPSA) is 21.3 Å². The third kappa shape index (κ3) is 6.02. The summed E-state index contributed by atoms with van der Waals surface area (Å²) in [5.74, 6) is 0.960. The van der Waals surface area contributed by atoms with Gasteiger partial charge in [-0.2, -0.15) is 0 Å². The van der Waals surface area contributed by atoms with E-state index >= 15 is 0 Å². The highest BCUT2D eigenvalue weighted by atomic mass is 28.4. The van der Waals surface area contributed by atoms with Gasteiger partial charge in [0.15, 0.2) is 8.32 Å². The molecule has 0 bridgehead atoms. The third-order valence-electron chi connectivity index (χ3n) is 3.84. The maximum atomic E-state index is 5.55. The van der Waals surface area contributed by atoms with Gasteiger partial charge >= 0.3 is 0 Å². The van der Waals surface area contributed by atoms with E-state index in [0.717, 1.165) is 5.92 Å². The summed E-state index contributed by atoms with van der Waals surface area (Å²) in [6, 6.07) is 1.28. The highest BCUT2D eigenvalue weighted by Gasteiger charge is 2.19. The van der Waals surface area contributed by atoms with Crippen molar-refractivity contribution in [3.8, 4) is 0 Å². The minimum atomic E-state index is -1.31. The SMILES string of the molecule is CO[Si](C)(C)CCCNCC1CCCCC1. The molecule has 96 valence electrons. The first-order valence-electron chi connectivity index (χ1n) is 6.90. The summed E-state index contributed by atoms with van der Waals surface area (Å²) in [6.07, 6.45) is 8.55. The fraction of sp³-hybridized carbons (Fsp3) is 1.00. The van der Waals surface area contributed by atoms with Crippen molar-refractivity contribution in [3.63, 3.8) is 0 Å². The van der Waals surface area contributed by atoms with E-state index in [-0.39, 0.29) is 0 Å². The van der Waals surface area contributed by atoms with E-state index in [9.17, 15) is 0 Å². The zero-order chi connectivity index (χ0) is 11.9. The van der Waals surface area contributed by atoms with E-state index in [4.69, 9.17) is 4.43 Å². The van der Waals surface area contributed by atoms with Crippen LogP contribution in [-0.2, 0) is 4.43 Å². The van der Waals surface area contributed by atoms with Crippen LogP contribution >= 0.6 is 0 Å². The smallest absolute Gasteiger partial charge is 0.186 e. The second-order valence-electron chi connectivity index (χ2n) is 5.78. The molecule has 0 unspecified atom stereocenters. The van der Waals surface area contributed by atoms with Crippen LogP contribution in [0, 0.1) is 5.92 Å². The van der Waals surface area contributed by atoms with E-state index in [0.29, 0.717) is 0 Å². The molecule has 1 aliphatic carbocycles. The van der Waals surface area contributed by atoms with Crippen molar-refractivity contribution < 1.29 is 4.43 Å². The Morgan fingerprint density at radius 3 is 2.50 bits per heavy atom. The molecule has 0 amide bonds. The van der Waals surface area contributed by atoms with E-state index < -0.39 is 8.32 Å². The second kappa shape index (κ2) is 7.46. The molecule has 0 heterocycles. The average Bonchev–Trinajstić information content (AvgIpc) is 2.30. The lowest BCUT2D eigenvalue weighted by atomic mass is 9.89. The van der Waals surface area contributed by atoms with Crippen LogP contribution in [0.15, 0.2) is 0 Å². The predicted octanol–water partition coefficient (Wildman–Crippen LogP) is 3.40. The molecule has 0 spiro atoms. The zero-order valence-electron chi connectivity index (χ0n) is 11.3. The Balaban J connectivity index is 1.95. The molecule has 1 saturated carbocycles. The molecule has 0 aromatic carbocycles. The molecule has 1 N–H and O–H groups in total. The molecular weight excluding hydrogens is 214 g/mol. The second-order valence-corrected chi connectivity index (χ2v) is 10.2. The maximum Gasteiger partial charge on any atom is 0.186 e. The molecule has 0 aromatic rings. The van der Waals surface area contributed by atoms with Crippen LogP contribution in [0.4, 0.5) is 0 Å². The molecule has 0 saturated heterocycles. The fourth-order valence-corrected chi connectivity index (χ4v) is 3.67. The molecule has 2 nitrogen and oxygen atoms in total. The van der Waals surface area contributed by atoms with Gasteiger partial charge in [-0.3, -0.25) is 0 Å². The van der Waals surface area contributed by atoms with Gasteiger partial charge in [-0.1, -0.05) is 19.3 Å². The molecule has 1 rings (SSSR count). The first-order valence-corrected chi connectivity index (χ1v) is 10.0. The van der Waals surface area contributed by atoms with Gasteiger partial charge < -0.3 is 9.74 Å². The maximum absolute atomic E-state index is 5.55. The summed E-state index contributed by atoms with van der Waals surface area (Å²) in [7, 11) is 0.556. The molecule has 3 heteroatoms. The summed E-state index contributed by atoms with van der Waals surface area (Å²) in [5, 5.41) is 3.62. The van der Waals surface area contributed by atoms with Crippen molar-refractivity contribution in [2.24, 2.45) is 5.92 Å². The predicted molar refractivity (Wildman–Crippen MR) is 73.4 cm³/mol. The van der Waals surface area contributed by atoms with Crippen molar-refractivity contribution in [3.05, 3.63) is 0 Å². The summed E-state index contributed by atoms with van der Waals surface area (Å²) < 4.78 is 5.55. The van der Waals surface area contributed by atoms with Crippen LogP contribution in [0.5, 0.6) is 0 Å². The van der Waals surface area contributed by atoms with E-state index in [1.807, 2.05) is 7.11 Å². The van der Waals surface area contributed by atoms with Crippen molar-refractivity contribution >= 4 is 8.32 Å². The van der Waals surface area contributed by atoms with Crippen molar-refractivity contribution in [2.45, 2.75) is 57.7 Å². The van der Waals surface area contributed by atoms with E-state index in [1.165, 1.54) is 57.7 Å². The Morgan fingerprint density at radius 2 is 1.88 bits per heavy atom. The fourth-order valence-electron chi connectivity index (χ4n) is 2.44. The Bertz CT molecular complexity index is 179. The number of nitrogens with one attached hydrogen (secondary N) is 1. The van der Waals surface area contributed by atoms with Crippen molar-refractivity contribution in [2.75, 3.05) is 20.2 Å². The Kier molecular flexibility index (Phi) is 6.62. The summed E-state index contributed by atoms with van der Waals surface area (Å²) >= 11 is 0. The Morgan fingerprint density at radius 1 is 1.19 bits per heavy atom. The normalized spacial score (nSPS) is 18.9. The lowest BCUT2D eigenvalue weighted by Gasteiger charge is -2.23. The van der Waals surface area contributed by atoms with Gasteiger partial charge in [-0.15, -0.1) is 0 Å². The monoisotopic (exact) mass is 243 g/mol. The zero-order valence-corrected chi connectivity index (χ0v) is 12.3. The number of rotatable bonds is 7. The van der Waals surface area contributed by atoms with Crippen LogP contribution < -0.4 is 5.32 Å². The minimum Gasteiger partial charge on any atom is -0.420 e. The molecule has 1 aliphatic rings. The van der Waals surface area contributed by atoms with Gasteiger partial charge in [0, 0.05) is 7.11 Å². The van der Waals surface area contributed by atoms with Crippen molar-refractivity contribution in [1.29, 1.82) is 0 Å². The Hall–Kier alpha value is 0.137. The van der Waals surface area contributed by atoms with Crippen molar-refractivity contribution in [1.82, 2.24) is 5.32 Å². The van der Waals surface area contributed by atoms with Gasteiger partial charge in [0.25, 0.3) is 0 Å². The van der Waals surface area contributed by atoms with Gasteiger partial charge in [0.1, 0.15) is 0 Å². The minimum absolute atomic E-state index is 0.960. The van der Waals surface area contributed by atoms with Gasteiger partial charge in [-0.25, -0.2) is 0 Å². The van der Waals surface area contributed by atoms with Gasteiger partial charge in [-0.05, 0) is 57.4 Å². The van der Waals surface area contributed by atoms with Crippen LogP contribution in [0.25, 0.3) is 0 Å². The quantitative estimate of drug-likeness (QED) is 0.546. The molecule has 1 fully saturated rings. The summed E-state index contributed by atoms with van der Waals surface area (Å²) in [4.78, 5) is 0.